The number of methoxy groups -OCH3 is 1. The third-order valence-corrected chi connectivity index (χ3v) is 4.21. The average Bonchev–Trinajstić information content (AvgIpc) is 2.65. The molecule has 3 nitrogen and oxygen atoms in total. The summed E-state index contributed by atoms with van der Waals surface area (Å²) in [6.07, 6.45) is 5.53. The molecule has 1 aliphatic rings. The van der Waals surface area contributed by atoms with Gasteiger partial charge in [-0.2, -0.15) is 11.8 Å². The van der Waals surface area contributed by atoms with Gasteiger partial charge in [0.1, 0.15) is 5.60 Å². The molecule has 0 bridgehead atoms. The number of carbonyl (C=O) groups is 1. The van der Waals surface area contributed by atoms with E-state index >= 15 is 0 Å². The molecule has 4 heteroatoms. The standard InChI is InChI=1S/C11H21NO2S/c1-11(2,14-3)10(13)12-8-5-6-9(7-8)15-4/h8-9H,5-7H2,1-4H3,(H,12,13). The van der Waals surface area contributed by atoms with Crippen LogP contribution >= 0.6 is 11.8 Å². The molecule has 1 rings (SSSR count). The van der Waals surface area contributed by atoms with Crippen LogP contribution in [0.15, 0.2) is 0 Å². The minimum Gasteiger partial charge on any atom is -0.369 e. The second kappa shape index (κ2) is 5.21. The lowest BCUT2D eigenvalue weighted by Gasteiger charge is -2.24. The second-order valence-corrected chi connectivity index (χ2v) is 5.69. The zero-order valence-corrected chi connectivity index (χ0v) is 10.8. The first-order valence-corrected chi connectivity index (χ1v) is 6.67. The van der Waals surface area contributed by atoms with Gasteiger partial charge in [-0.15, -0.1) is 0 Å². The van der Waals surface area contributed by atoms with Crippen molar-refractivity contribution in [3.8, 4) is 0 Å². The van der Waals surface area contributed by atoms with Gasteiger partial charge in [0, 0.05) is 18.4 Å². The first-order valence-electron chi connectivity index (χ1n) is 5.38. The quantitative estimate of drug-likeness (QED) is 0.802. The number of rotatable bonds is 4. The van der Waals surface area contributed by atoms with E-state index in [9.17, 15) is 4.79 Å². The van der Waals surface area contributed by atoms with Crippen molar-refractivity contribution in [2.24, 2.45) is 0 Å². The third-order valence-electron chi connectivity index (χ3n) is 3.11. The molecule has 15 heavy (non-hydrogen) atoms. The Hall–Kier alpha value is -0.220. The molecular weight excluding hydrogens is 210 g/mol. The SMILES string of the molecule is COC(C)(C)C(=O)NC1CCC(SC)C1. The van der Waals surface area contributed by atoms with E-state index in [2.05, 4.69) is 11.6 Å². The van der Waals surface area contributed by atoms with Gasteiger partial charge in [0.15, 0.2) is 0 Å². The lowest BCUT2D eigenvalue weighted by Crippen LogP contribution is -2.47. The number of hydrogen-bond donors (Lipinski definition) is 1. The highest BCUT2D eigenvalue weighted by Gasteiger charge is 2.31. The summed E-state index contributed by atoms with van der Waals surface area (Å²) in [5, 5.41) is 3.77. The molecule has 1 aliphatic carbocycles. The molecule has 1 amide bonds. The molecular formula is C11H21NO2S. The fraction of sp³-hybridized carbons (Fsp3) is 0.909. The van der Waals surface area contributed by atoms with Gasteiger partial charge in [0.05, 0.1) is 0 Å². The highest BCUT2D eigenvalue weighted by Crippen LogP contribution is 2.28. The normalized spacial score (nSPS) is 26.7. The van der Waals surface area contributed by atoms with Crippen LogP contribution in [0.2, 0.25) is 0 Å². The zero-order chi connectivity index (χ0) is 11.5. The zero-order valence-electron chi connectivity index (χ0n) is 10.0. The number of hydrogen-bond acceptors (Lipinski definition) is 3. The Morgan fingerprint density at radius 1 is 1.47 bits per heavy atom. The molecule has 0 radical (unpaired) electrons. The predicted molar refractivity (Wildman–Crippen MR) is 64.2 cm³/mol. The molecule has 0 aliphatic heterocycles. The number of carbonyl (C=O) groups excluding carboxylic acids is 1. The van der Waals surface area contributed by atoms with E-state index in [1.54, 1.807) is 21.0 Å². The number of thioether (sulfide) groups is 1. The first-order chi connectivity index (χ1) is 6.99. The highest BCUT2D eigenvalue weighted by atomic mass is 32.2. The van der Waals surface area contributed by atoms with Crippen LogP contribution < -0.4 is 5.32 Å². The maximum atomic E-state index is 11.8. The van der Waals surface area contributed by atoms with Crippen LogP contribution in [0.1, 0.15) is 33.1 Å². The van der Waals surface area contributed by atoms with Crippen LogP contribution in [0.4, 0.5) is 0 Å². The van der Waals surface area contributed by atoms with Gasteiger partial charge in [0.2, 0.25) is 0 Å². The van der Waals surface area contributed by atoms with Gasteiger partial charge >= 0.3 is 0 Å². The van der Waals surface area contributed by atoms with Gasteiger partial charge in [0.25, 0.3) is 5.91 Å². The van der Waals surface area contributed by atoms with E-state index in [-0.39, 0.29) is 5.91 Å². The van der Waals surface area contributed by atoms with Crippen LogP contribution in [0.25, 0.3) is 0 Å². The van der Waals surface area contributed by atoms with Crippen LogP contribution in [0.3, 0.4) is 0 Å². The van der Waals surface area contributed by atoms with Gasteiger partial charge in [-0.05, 0) is 39.4 Å². The molecule has 0 saturated heterocycles. The predicted octanol–water partition coefficient (Wildman–Crippen LogP) is 1.81. The van der Waals surface area contributed by atoms with Crippen molar-refractivity contribution in [3.63, 3.8) is 0 Å². The molecule has 88 valence electrons. The number of amides is 1. The Morgan fingerprint density at radius 3 is 2.60 bits per heavy atom. The highest BCUT2D eigenvalue weighted by molar-refractivity contribution is 7.99. The van der Waals surface area contributed by atoms with E-state index < -0.39 is 5.60 Å². The summed E-state index contributed by atoms with van der Waals surface area (Å²) < 4.78 is 5.15. The molecule has 0 aromatic heterocycles. The van der Waals surface area contributed by atoms with Crippen molar-refractivity contribution in [1.82, 2.24) is 5.32 Å². The Kier molecular flexibility index (Phi) is 4.46. The van der Waals surface area contributed by atoms with E-state index in [0.717, 1.165) is 12.8 Å². The molecule has 1 N–H and O–H groups in total. The molecule has 0 heterocycles. The summed E-state index contributed by atoms with van der Waals surface area (Å²) in [5.41, 5.74) is -0.711. The van der Waals surface area contributed by atoms with E-state index in [0.29, 0.717) is 11.3 Å². The fourth-order valence-corrected chi connectivity index (χ4v) is 2.53. The van der Waals surface area contributed by atoms with Crippen molar-refractivity contribution in [2.75, 3.05) is 13.4 Å². The smallest absolute Gasteiger partial charge is 0.251 e. The minimum atomic E-state index is -0.711. The Bertz CT molecular complexity index is 231. The van der Waals surface area contributed by atoms with Gasteiger partial charge in [-0.3, -0.25) is 4.79 Å². The summed E-state index contributed by atoms with van der Waals surface area (Å²) in [6.45, 7) is 3.59. The maximum absolute atomic E-state index is 11.8. The average molecular weight is 231 g/mol. The van der Waals surface area contributed by atoms with E-state index in [1.807, 2.05) is 11.8 Å². The van der Waals surface area contributed by atoms with Crippen molar-refractivity contribution in [1.29, 1.82) is 0 Å². The topological polar surface area (TPSA) is 38.3 Å². The van der Waals surface area contributed by atoms with E-state index in [1.165, 1.54) is 6.42 Å². The Morgan fingerprint density at radius 2 is 2.13 bits per heavy atom. The molecule has 0 spiro atoms. The summed E-state index contributed by atoms with van der Waals surface area (Å²) in [7, 11) is 1.57. The maximum Gasteiger partial charge on any atom is 0.251 e. The molecule has 2 unspecified atom stereocenters. The lowest BCUT2D eigenvalue weighted by molar-refractivity contribution is -0.140. The Labute approximate surface area is 96.3 Å². The Balaban J connectivity index is 2.40. The lowest BCUT2D eigenvalue weighted by atomic mass is 10.1. The molecule has 0 aromatic rings. The van der Waals surface area contributed by atoms with E-state index in [4.69, 9.17) is 4.74 Å². The summed E-state index contributed by atoms with van der Waals surface area (Å²) >= 11 is 1.89. The van der Waals surface area contributed by atoms with Crippen LogP contribution in [0, 0.1) is 0 Å². The van der Waals surface area contributed by atoms with Gasteiger partial charge in [-0.1, -0.05) is 0 Å². The number of ether oxygens (including phenoxy) is 1. The van der Waals surface area contributed by atoms with Crippen LogP contribution in [-0.2, 0) is 9.53 Å². The number of nitrogens with one attached hydrogen (secondary N) is 1. The first kappa shape index (κ1) is 12.8. The third kappa shape index (κ3) is 3.38. The van der Waals surface area contributed by atoms with Crippen molar-refractivity contribution in [3.05, 3.63) is 0 Å². The van der Waals surface area contributed by atoms with Crippen molar-refractivity contribution in [2.45, 2.75) is 50.0 Å². The van der Waals surface area contributed by atoms with Gasteiger partial charge < -0.3 is 10.1 Å². The summed E-state index contributed by atoms with van der Waals surface area (Å²) in [6, 6.07) is 0.337. The second-order valence-electron chi connectivity index (χ2n) is 4.56. The minimum absolute atomic E-state index is 0.00301. The summed E-state index contributed by atoms with van der Waals surface area (Å²) in [4.78, 5) is 11.8. The van der Waals surface area contributed by atoms with Crippen LogP contribution in [0.5, 0.6) is 0 Å². The molecule has 2 atom stereocenters. The largest absolute Gasteiger partial charge is 0.369 e. The molecule has 1 saturated carbocycles. The molecule has 1 fully saturated rings. The monoisotopic (exact) mass is 231 g/mol. The van der Waals surface area contributed by atoms with Crippen LogP contribution in [-0.4, -0.2) is 36.2 Å². The van der Waals surface area contributed by atoms with Gasteiger partial charge in [-0.25, -0.2) is 0 Å². The fourth-order valence-electron chi connectivity index (χ4n) is 1.74. The van der Waals surface area contributed by atoms with Crippen molar-refractivity contribution >= 4 is 17.7 Å². The van der Waals surface area contributed by atoms with Crippen molar-refractivity contribution < 1.29 is 9.53 Å². The molecule has 0 aromatic carbocycles. The summed E-state index contributed by atoms with van der Waals surface area (Å²) in [5.74, 6) is -0.00301.